The van der Waals surface area contributed by atoms with Crippen LogP contribution in [0.5, 0.6) is 0 Å². The summed E-state index contributed by atoms with van der Waals surface area (Å²) in [5.41, 5.74) is 0.592. The minimum absolute atomic E-state index is 0.159. The highest BCUT2D eigenvalue weighted by Crippen LogP contribution is 2.11. The van der Waals surface area contributed by atoms with Gasteiger partial charge in [0, 0.05) is 19.7 Å². The van der Waals surface area contributed by atoms with Gasteiger partial charge in [-0.2, -0.15) is 5.10 Å². The summed E-state index contributed by atoms with van der Waals surface area (Å²) in [6.45, 7) is 1.94. The van der Waals surface area contributed by atoms with Gasteiger partial charge >= 0.3 is 0 Å². The van der Waals surface area contributed by atoms with E-state index in [1.54, 1.807) is 16.9 Å². The van der Waals surface area contributed by atoms with Gasteiger partial charge in [0.05, 0.1) is 0 Å². The van der Waals surface area contributed by atoms with Crippen molar-refractivity contribution in [2.75, 3.05) is 13.1 Å². The van der Waals surface area contributed by atoms with E-state index < -0.39 is 0 Å². The summed E-state index contributed by atoms with van der Waals surface area (Å²) in [7, 11) is 1.82. The number of nitrogens with one attached hydrogen (secondary N) is 1. The van der Waals surface area contributed by atoms with Gasteiger partial charge in [-0.15, -0.1) is 0 Å². The maximum Gasteiger partial charge on any atom is 0.183 e. The Morgan fingerprint density at radius 3 is 3.00 bits per heavy atom. The summed E-state index contributed by atoms with van der Waals surface area (Å²) in [4.78, 5) is 11.6. The van der Waals surface area contributed by atoms with Crippen LogP contribution in [0.25, 0.3) is 0 Å². The highest BCUT2D eigenvalue weighted by atomic mass is 16.1. The first-order chi connectivity index (χ1) is 6.25. The van der Waals surface area contributed by atoms with Gasteiger partial charge in [0.2, 0.25) is 0 Å². The Balaban J connectivity index is 1.96. The summed E-state index contributed by atoms with van der Waals surface area (Å²) in [6, 6.07) is 1.77. The van der Waals surface area contributed by atoms with E-state index in [4.69, 9.17) is 0 Å². The normalized spacial score (nSPS) is 17.0. The standard InChI is InChI=1S/C9H13N3O/c1-12-3-2-8(11-12)9(13)4-7-5-10-6-7/h2-3,7,10H,4-6H2,1H3. The molecule has 0 amide bonds. The van der Waals surface area contributed by atoms with Crippen molar-refractivity contribution < 1.29 is 4.79 Å². The van der Waals surface area contributed by atoms with Crippen molar-refractivity contribution in [3.8, 4) is 0 Å². The fourth-order valence-corrected chi connectivity index (χ4v) is 1.42. The van der Waals surface area contributed by atoms with Gasteiger partial charge in [-0.25, -0.2) is 0 Å². The molecule has 0 atom stereocenters. The minimum Gasteiger partial charge on any atom is -0.316 e. The Bertz CT molecular complexity index is 314. The van der Waals surface area contributed by atoms with Crippen molar-refractivity contribution in [1.82, 2.24) is 15.1 Å². The second-order valence-corrected chi connectivity index (χ2v) is 3.53. The molecule has 0 unspecified atom stereocenters. The molecule has 70 valence electrons. The molecule has 1 N–H and O–H groups in total. The minimum atomic E-state index is 0.159. The zero-order valence-corrected chi connectivity index (χ0v) is 7.66. The highest BCUT2D eigenvalue weighted by molar-refractivity contribution is 5.94. The SMILES string of the molecule is Cn1ccc(C(=O)CC2CNC2)n1. The molecule has 0 aliphatic carbocycles. The fraction of sp³-hybridized carbons (Fsp3) is 0.556. The molecular formula is C9H13N3O. The van der Waals surface area contributed by atoms with Gasteiger partial charge in [-0.3, -0.25) is 9.48 Å². The molecule has 1 aliphatic heterocycles. The van der Waals surface area contributed by atoms with Crippen LogP contribution in [-0.2, 0) is 7.05 Å². The number of carbonyl (C=O) groups is 1. The van der Waals surface area contributed by atoms with Gasteiger partial charge in [0.1, 0.15) is 5.69 Å². The molecule has 13 heavy (non-hydrogen) atoms. The summed E-state index contributed by atoms with van der Waals surface area (Å²) in [6.07, 6.45) is 2.43. The summed E-state index contributed by atoms with van der Waals surface area (Å²) < 4.78 is 1.66. The molecular weight excluding hydrogens is 166 g/mol. The molecule has 1 aliphatic rings. The zero-order chi connectivity index (χ0) is 9.26. The molecule has 4 nitrogen and oxygen atoms in total. The quantitative estimate of drug-likeness (QED) is 0.675. The Morgan fingerprint density at radius 1 is 1.77 bits per heavy atom. The number of rotatable bonds is 3. The first-order valence-corrected chi connectivity index (χ1v) is 4.49. The Kier molecular flexibility index (Phi) is 2.14. The molecule has 0 radical (unpaired) electrons. The molecule has 2 heterocycles. The van der Waals surface area contributed by atoms with Crippen LogP contribution in [-0.4, -0.2) is 28.7 Å². The van der Waals surface area contributed by atoms with E-state index in [9.17, 15) is 4.79 Å². The number of hydrogen-bond acceptors (Lipinski definition) is 3. The number of ketones is 1. The summed E-state index contributed by atoms with van der Waals surface area (Å²) >= 11 is 0. The molecule has 1 saturated heterocycles. The smallest absolute Gasteiger partial charge is 0.183 e. The van der Waals surface area contributed by atoms with Gasteiger partial charge in [-0.05, 0) is 25.1 Å². The molecule has 2 rings (SSSR count). The third-order valence-electron chi connectivity index (χ3n) is 2.34. The molecule has 1 fully saturated rings. The van der Waals surface area contributed by atoms with Gasteiger partial charge < -0.3 is 5.32 Å². The Hall–Kier alpha value is -1.16. The van der Waals surface area contributed by atoms with Crippen LogP contribution >= 0.6 is 0 Å². The Labute approximate surface area is 76.9 Å². The Morgan fingerprint density at radius 2 is 2.54 bits per heavy atom. The maximum absolute atomic E-state index is 11.6. The molecule has 0 bridgehead atoms. The highest BCUT2D eigenvalue weighted by Gasteiger charge is 2.21. The molecule has 0 saturated carbocycles. The number of carbonyl (C=O) groups excluding carboxylic acids is 1. The predicted molar refractivity (Wildman–Crippen MR) is 48.5 cm³/mol. The molecule has 1 aromatic rings. The molecule has 1 aromatic heterocycles. The number of nitrogens with zero attached hydrogens (tertiary/aromatic N) is 2. The lowest BCUT2D eigenvalue weighted by Gasteiger charge is -2.25. The van der Waals surface area contributed by atoms with E-state index in [0.717, 1.165) is 13.1 Å². The molecule has 0 aromatic carbocycles. The first-order valence-electron chi connectivity index (χ1n) is 4.49. The topological polar surface area (TPSA) is 46.9 Å². The van der Waals surface area contributed by atoms with Crippen molar-refractivity contribution in [1.29, 1.82) is 0 Å². The lowest BCUT2D eigenvalue weighted by molar-refractivity contribution is 0.0940. The van der Waals surface area contributed by atoms with Crippen LogP contribution < -0.4 is 5.32 Å². The van der Waals surface area contributed by atoms with Crippen molar-refractivity contribution in [2.24, 2.45) is 13.0 Å². The third kappa shape index (κ3) is 1.78. The van der Waals surface area contributed by atoms with E-state index in [0.29, 0.717) is 18.0 Å². The van der Waals surface area contributed by atoms with Crippen LogP contribution in [0.3, 0.4) is 0 Å². The van der Waals surface area contributed by atoms with Crippen molar-refractivity contribution in [3.05, 3.63) is 18.0 Å². The fourth-order valence-electron chi connectivity index (χ4n) is 1.42. The number of Topliss-reactive ketones (excluding diaryl/α,β-unsaturated/α-hetero) is 1. The number of aromatic nitrogens is 2. The second-order valence-electron chi connectivity index (χ2n) is 3.53. The van der Waals surface area contributed by atoms with Gasteiger partial charge in [0.25, 0.3) is 0 Å². The first kappa shape index (κ1) is 8.44. The van der Waals surface area contributed by atoms with E-state index in [1.165, 1.54) is 0 Å². The largest absolute Gasteiger partial charge is 0.316 e. The third-order valence-corrected chi connectivity index (χ3v) is 2.34. The van der Waals surface area contributed by atoms with E-state index in [-0.39, 0.29) is 5.78 Å². The predicted octanol–water partition coefficient (Wildman–Crippen LogP) is 0.212. The van der Waals surface area contributed by atoms with Crippen molar-refractivity contribution >= 4 is 5.78 Å². The molecule has 0 spiro atoms. The lowest BCUT2D eigenvalue weighted by Crippen LogP contribution is -2.42. The van der Waals surface area contributed by atoms with Gasteiger partial charge in [0.15, 0.2) is 5.78 Å². The van der Waals surface area contributed by atoms with E-state index >= 15 is 0 Å². The average Bonchev–Trinajstić information content (AvgIpc) is 2.44. The lowest BCUT2D eigenvalue weighted by atomic mass is 9.96. The van der Waals surface area contributed by atoms with Crippen molar-refractivity contribution in [2.45, 2.75) is 6.42 Å². The van der Waals surface area contributed by atoms with Crippen LogP contribution in [0, 0.1) is 5.92 Å². The van der Waals surface area contributed by atoms with Crippen LogP contribution in [0.4, 0.5) is 0 Å². The van der Waals surface area contributed by atoms with Crippen LogP contribution in [0.1, 0.15) is 16.9 Å². The number of hydrogen-bond donors (Lipinski definition) is 1. The average molecular weight is 179 g/mol. The van der Waals surface area contributed by atoms with E-state index in [1.807, 2.05) is 7.05 Å². The molecule has 4 heteroatoms. The van der Waals surface area contributed by atoms with Gasteiger partial charge in [-0.1, -0.05) is 0 Å². The summed E-state index contributed by atoms with van der Waals surface area (Å²) in [5.74, 6) is 0.682. The number of aryl methyl sites for hydroxylation is 1. The van der Waals surface area contributed by atoms with Crippen LogP contribution in [0.15, 0.2) is 12.3 Å². The van der Waals surface area contributed by atoms with Crippen LogP contribution in [0.2, 0.25) is 0 Å². The van der Waals surface area contributed by atoms with Crippen molar-refractivity contribution in [3.63, 3.8) is 0 Å². The summed E-state index contributed by atoms with van der Waals surface area (Å²) in [5, 5.41) is 7.21. The monoisotopic (exact) mass is 179 g/mol. The van der Waals surface area contributed by atoms with E-state index in [2.05, 4.69) is 10.4 Å². The second kappa shape index (κ2) is 3.30. The maximum atomic E-state index is 11.6. The zero-order valence-electron chi connectivity index (χ0n) is 7.66.